The number of benzene rings is 2. The molecule has 2 aromatic carbocycles. The molecule has 0 unspecified atom stereocenters. The van der Waals surface area contributed by atoms with Gasteiger partial charge in [-0.05, 0) is 48.0 Å². The first-order chi connectivity index (χ1) is 14.2. The molecule has 0 fully saturated rings. The van der Waals surface area contributed by atoms with Crippen molar-refractivity contribution in [2.24, 2.45) is 0 Å². The van der Waals surface area contributed by atoms with Crippen LogP contribution in [0.25, 0.3) is 27.8 Å². The van der Waals surface area contributed by atoms with Gasteiger partial charge in [-0.1, -0.05) is 24.3 Å². The van der Waals surface area contributed by atoms with E-state index in [4.69, 9.17) is 5.10 Å². The van der Waals surface area contributed by atoms with Crippen molar-refractivity contribution < 1.29 is 0 Å². The molecule has 0 aliphatic heterocycles. The third-order valence-electron chi connectivity index (χ3n) is 5.14. The van der Waals surface area contributed by atoms with Crippen LogP contribution in [-0.2, 0) is 6.42 Å². The van der Waals surface area contributed by atoms with Gasteiger partial charge in [-0.25, -0.2) is 9.50 Å². The molecule has 0 saturated heterocycles. The minimum absolute atomic E-state index is 0.764. The zero-order chi connectivity index (χ0) is 19.8. The van der Waals surface area contributed by atoms with Crippen molar-refractivity contribution in [3.63, 3.8) is 0 Å². The number of hydrogen-bond acceptors (Lipinski definition) is 4. The Morgan fingerprint density at radius 3 is 2.72 bits per heavy atom. The van der Waals surface area contributed by atoms with Gasteiger partial charge < -0.3 is 4.90 Å². The summed E-state index contributed by atoms with van der Waals surface area (Å²) in [6, 6.07) is 22.9. The number of aromatic nitrogens is 4. The van der Waals surface area contributed by atoms with Crippen LogP contribution < -0.4 is 4.90 Å². The zero-order valence-electron chi connectivity index (χ0n) is 16.4. The van der Waals surface area contributed by atoms with Crippen LogP contribution in [-0.4, -0.2) is 33.7 Å². The molecule has 29 heavy (non-hydrogen) atoms. The van der Waals surface area contributed by atoms with Crippen molar-refractivity contribution in [1.29, 1.82) is 0 Å². The van der Waals surface area contributed by atoms with Gasteiger partial charge in [0.1, 0.15) is 0 Å². The quantitative estimate of drug-likeness (QED) is 0.458. The van der Waals surface area contributed by atoms with E-state index in [1.54, 1.807) is 0 Å². The second kappa shape index (κ2) is 7.02. The standard InChI is InChI=1S/C24H21N5/c1-28(2)20-7-3-5-19(15-20)23-10-11-24-26-16-21(29(24)27-23)14-17-8-9-22-18(13-17)6-4-12-25-22/h3-13,15-16H,14H2,1-2H3. The van der Waals surface area contributed by atoms with Crippen molar-refractivity contribution in [1.82, 2.24) is 19.6 Å². The van der Waals surface area contributed by atoms with E-state index in [-0.39, 0.29) is 0 Å². The number of anilines is 1. The van der Waals surface area contributed by atoms with Gasteiger partial charge >= 0.3 is 0 Å². The van der Waals surface area contributed by atoms with Crippen molar-refractivity contribution in [2.75, 3.05) is 19.0 Å². The maximum absolute atomic E-state index is 4.89. The number of pyridine rings is 1. The van der Waals surface area contributed by atoms with Crippen LogP contribution in [0.2, 0.25) is 0 Å². The molecule has 5 aromatic rings. The molecule has 5 heteroatoms. The maximum atomic E-state index is 4.89. The summed E-state index contributed by atoms with van der Waals surface area (Å²) in [5, 5.41) is 6.03. The van der Waals surface area contributed by atoms with Gasteiger partial charge in [0.05, 0.1) is 23.1 Å². The summed E-state index contributed by atoms with van der Waals surface area (Å²) < 4.78 is 1.95. The molecule has 3 heterocycles. The summed E-state index contributed by atoms with van der Waals surface area (Å²) in [7, 11) is 4.09. The van der Waals surface area contributed by atoms with Crippen LogP contribution in [0.4, 0.5) is 5.69 Å². The van der Waals surface area contributed by atoms with E-state index in [9.17, 15) is 0 Å². The van der Waals surface area contributed by atoms with Crippen LogP contribution in [0.3, 0.4) is 0 Å². The number of nitrogens with zero attached hydrogens (tertiary/aromatic N) is 5. The molecule has 0 amide bonds. The Labute approximate surface area is 169 Å². The van der Waals surface area contributed by atoms with Gasteiger partial charge in [0, 0.05) is 43.4 Å². The molecule has 0 N–H and O–H groups in total. The van der Waals surface area contributed by atoms with Gasteiger partial charge in [-0.3, -0.25) is 4.98 Å². The van der Waals surface area contributed by atoms with Crippen molar-refractivity contribution in [2.45, 2.75) is 6.42 Å². The summed E-state index contributed by atoms with van der Waals surface area (Å²) in [5.74, 6) is 0. The maximum Gasteiger partial charge on any atom is 0.153 e. The third kappa shape index (κ3) is 3.31. The number of imidazole rings is 1. The fraction of sp³-hybridized carbons (Fsp3) is 0.125. The first-order valence-electron chi connectivity index (χ1n) is 9.62. The molecule has 5 nitrogen and oxygen atoms in total. The molecule has 5 rings (SSSR count). The smallest absolute Gasteiger partial charge is 0.153 e. The minimum atomic E-state index is 0.764. The second-order valence-corrected chi connectivity index (χ2v) is 7.39. The van der Waals surface area contributed by atoms with Gasteiger partial charge in [-0.15, -0.1) is 0 Å². The van der Waals surface area contributed by atoms with E-state index in [1.807, 2.05) is 49.2 Å². The topological polar surface area (TPSA) is 46.3 Å². The number of hydrogen-bond donors (Lipinski definition) is 0. The molecule has 0 bridgehead atoms. The molecule has 0 aliphatic carbocycles. The summed E-state index contributed by atoms with van der Waals surface area (Å²) in [5.41, 5.74) is 7.33. The van der Waals surface area contributed by atoms with Crippen LogP contribution in [0.15, 0.2) is 79.1 Å². The lowest BCUT2D eigenvalue weighted by atomic mass is 10.1. The van der Waals surface area contributed by atoms with Crippen molar-refractivity contribution in [3.05, 3.63) is 90.4 Å². The van der Waals surface area contributed by atoms with Crippen LogP contribution in [0, 0.1) is 0 Å². The highest BCUT2D eigenvalue weighted by molar-refractivity contribution is 5.79. The van der Waals surface area contributed by atoms with Gasteiger partial charge in [-0.2, -0.15) is 5.10 Å². The normalized spacial score (nSPS) is 11.2. The average molecular weight is 379 g/mol. The van der Waals surface area contributed by atoms with E-state index in [0.717, 1.165) is 45.6 Å². The predicted octanol–water partition coefficient (Wildman–Crippen LogP) is 4.60. The molecule has 0 spiro atoms. The Balaban J connectivity index is 1.53. The van der Waals surface area contributed by atoms with E-state index in [1.165, 1.54) is 5.56 Å². The molecular formula is C24H21N5. The molecular weight excluding hydrogens is 358 g/mol. The summed E-state index contributed by atoms with van der Waals surface area (Å²) in [6.07, 6.45) is 4.50. The van der Waals surface area contributed by atoms with E-state index < -0.39 is 0 Å². The van der Waals surface area contributed by atoms with Gasteiger partial charge in [0.2, 0.25) is 0 Å². The van der Waals surface area contributed by atoms with Crippen molar-refractivity contribution in [3.8, 4) is 11.3 Å². The van der Waals surface area contributed by atoms with Crippen molar-refractivity contribution >= 4 is 22.2 Å². The predicted molar refractivity (Wildman–Crippen MR) is 117 cm³/mol. The monoisotopic (exact) mass is 379 g/mol. The highest BCUT2D eigenvalue weighted by Gasteiger charge is 2.09. The molecule has 0 aliphatic rings. The van der Waals surface area contributed by atoms with Crippen LogP contribution >= 0.6 is 0 Å². The SMILES string of the molecule is CN(C)c1cccc(-c2ccc3ncc(Cc4ccc5ncccc5c4)n3n2)c1. The fourth-order valence-electron chi connectivity index (χ4n) is 3.58. The third-order valence-corrected chi connectivity index (χ3v) is 5.14. The van der Waals surface area contributed by atoms with Gasteiger partial charge in [0.25, 0.3) is 0 Å². The lowest BCUT2D eigenvalue weighted by Crippen LogP contribution is -2.08. The minimum Gasteiger partial charge on any atom is -0.378 e. The molecule has 3 aromatic heterocycles. The summed E-state index contributed by atoms with van der Waals surface area (Å²) in [6.45, 7) is 0. The van der Waals surface area contributed by atoms with Gasteiger partial charge in [0.15, 0.2) is 5.65 Å². The molecule has 142 valence electrons. The molecule has 0 radical (unpaired) electrons. The van der Waals surface area contributed by atoms with Crippen LogP contribution in [0.1, 0.15) is 11.3 Å². The summed E-state index contributed by atoms with van der Waals surface area (Å²) in [4.78, 5) is 11.0. The zero-order valence-corrected chi connectivity index (χ0v) is 16.4. The summed E-state index contributed by atoms with van der Waals surface area (Å²) >= 11 is 0. The lowest BCUT2D eigenvalue weighted by Gasteiger charge is -2.13. The van der Waals surface area contributed by atoms with E-state index in [0.29, 0.717) is 0 Å². The Kier molecular flexibility index (Phi) is 4.21. The first kappa shape index (κ1) is 17.4. The first-order valence-corrected chi connectivity index (χ1v) is 9.62. The Morgan fingerprint density at radius 1 is 0.897 bits per heavy atom. The highest BCUT2D eigenvalue weighted by atomic mass is 15.3. The molecule has 0 atom stereocenters. The van der Waals surface area contributed by atoms with Crippen LogP contribution in [0.5, 0.6) is 0 Å². The molecule has 0 saturated carbocycles. The fourth-order valence-corrected chi connectivity index (χ4v) is 3.58. The second-order valence-electron chi connectivity index (χ2n) is 7.39. The average Bonchev–Trinajstić information content (AvgIpc) is 3.15. The lowest BCUT2D eigenvalue weighted by molar-refractivity contribution is 0.876. The largest absolute Gasteiger partial charge is 0.378 e. The van der Waals surface area contributed by atoms with E-state index >= 15 is 0 Å². The highest BCUT2D eigenvalue weighted by Crippen LogP contribution is 2.23. The number of rotatable bonds is 4. The Morgan fingerprint density at radius 2 is 1.83 bits per heavy atom. The number of fused-ring (bicyclic) bond motifs is 2. The van der Waals surface area contributed by atoms with E-state index in [2.05, 4.69) is 63.4 Å². The Bertz CT molecular complexity index is 1320. The Hall–Kier alpha value is -3.73.